The van der Waals surface area contributed by atoms with Crippen molar-refractivity contribution in [1.82, 2.24) is 9.80 Å². The summed E-state index contributed by atoms with van der Waals surface area (Å²) >= 11 is -1.52. The lowest BCUT2D eigenvalue weighted by atomic mass is 10.0. The largest absolute Gasteiger partial charge is 0.616 e. The summed E-state index contributed by atoms with van der Waals surface area (Å²) in [4.78, 5) is 60.2. The van der Waals surface area contributed by atoms with E-state index in [1.807, 2.05) is 0 Å². The zero-order valence-electron chi connectivity index (χ0n) is 47.2. The average Bonchev–Trinajstić information content (AvgIpc) is 2.89. The lowest BCUT2D eigenvalue weighted by Gasteiger charge is -2.28. The highest BCUT2D eigenvalue weighted by Crippen LogP contribution is 2.43. The summed E-state index contributed by atoms with van der Waals surface area (Å²) in [5, 5.41) is 5.29. The van der Waals surface area contributed by atoms with E-state index < -0.39 is 130 Å². The number of halogens is 10. The van der Waals surface area contributed by atoms with E-state index in [2.05, 4.69) is 0 Å². The number of anilines is 4. The van der Waals surface area contributed by atoms with Gasteiger partial charge in [-0.1, -0.05) is 69.0 Å². The van der Waals surface area contributed by atoms with Crippen LogP contribution in [0.5, 0.6) is 0 Å². The van der Waals surface area contributed by atoms with E-state index in [0.29, 0.717) is 68.5 Å². The third-order valence-electron chi connectivity index (χ3n) is 14.7. The molecule has 0 bridgehead atoms. The molecule has 0 aromatic heterocycles. The lowest BCUT2D eigenvalue weighted by molar-refractivity contribution is -0.284. The standard InChI is InChI=1S/C52H74F10N6O11S4/c1-37-35-39(66-43(69)47(3,4)64(45(66)71)29-17-13-9-7-11-15-19-31-80(73)32-21-27-49(53,54)51(57,58)59)23-25-41(37)68(83(78,79)82(63,76)77)42-26-24-40(36-38(42)2)67-44(70)48(5,6)65(46(67)72)30-18-14-10-8-12-16-20-33-81(74,75)34-22-28-50(55,56)52(60,61)62/h23-26,35-36H,7-22,27-34H2,1-6H3,(H2,63,76,77). The van der Waals surface area contributed by atoms with Gasteiger partial charge in [-0.3, -0.25) is 9.59 Å². The Kier molecular flexibility index (Phi) is 23.9. The normalized spacial score (nSPS) is 16.9. The van der Waals surface area contributed by atoms with E-state index in [1.165, 1.54) is 60.0 Å². The van der Waals surface area contributed by atoms with E-state index in [9.17, 15) is 92.9 Å². The van der Waals surface area contributed by atoms with Gasteiger partial charge < -0.3 is 14.4 Å². The first-order valence-electron chi connectivity index (χ1n) is 27.1. The molecule has 2 aromatic carbocycles. The highest BCUT2D eigenvalue weighted by atomic mass is 33.2. The summed E-state index contributed by atoms with van der Waals surface area (Å²) in [7, 11) is -14.7. The second-order valence-electron chi connectivity index (χ2n) is 22.0. The Balaban J connectivity index is 1.35. The van der Waals surface area contributed by atoms with Crippen molar-refractivity contribution in [1.29, 1.82) is 0 Å². The van der Waals surface area contributed by atoms with Crippen molar-refractivity contribution < 1.29 is 92.9 Å². The predicted molar refractivity (Wildman–Crippen MR) is 295 cm³/mol. The van der Waals surface area contributed by atoms with Crippen molar-refractivity contribution in [3.63, 3.8) is 0 Å². The highest BCUT2D eigenvalue weighted by Gasteiger charge is 2.58. The molecular weight excluding hydrogens is 1200 g/mol. The first-order chi connectivity index (χ1) is 38.0. The van der Waals surface area contributed by atoms with Gasteiger partial charge in [0.15, 0.2) is 0 Å². The number of carbonyl (C=O) groups excluding carboxylic acids is 4. The number of hydrogen-bond acceptors (Lipinski definition) is 11. The summed E-state index contributed by atoms with van der Waals surface area (Å²) in [6, 6.07) is 6.20. The third-order valence-corrected chi connectivity index (χ3v) is 21.7. The number of imide groups is 2. The molecule has 0 saturated carbocycles. The van der Waals surface area contributed by atoms with Crippen LogP contribution < -0.4 is 19.2 Å². The zero-order chi connectivity index (χ0) is 63.0. The lowest BCUT2D eigenvalue weighted by Crippen LogP contribution is -2.44. The van der Waals surface area contributed by atoms with Gasteiger partial charge in [-0.2, -0.15) is 60.7 Å². The second-order valence-corrected chi connectivity index (χ2v) is 30.8. The van der Waals surface area contributed by atoms with Gasteiger partial charge in [0.05, 0.1) is 34.3 Å². The van der Waals surface area contributed by atoms with Crippen LogP contribution in [-0.2, 0) is 48.7 Å². The van der Waals surface area contributed by atoms with Gasteiger partial charge in [-0.25, -0.2) is 37.3 Å². The quantitative estimate of drug-likeness (QED) is 0.0227. The molecule has 17 nitrogen and oxygen atoms in total. The van der Waals surface area contributed by atoms with Crippen molar-refractivity contribution in [2.75, 3.05) is 50.2 Å². The Morgan fingerprint density at radius 3 is 1.23 bits per heavy atom. The van der Waals surface area contributed by atoms with Crippen molar-refractivity contribution in [3.8, 4) is 0 Å². The van der Waals surface area contributed by atoms with Gasteiger partial charge in [-0.15, -0.1) is 0 Å². The average molecular weight is 1280 g/mol. The maximum absolute atomic E-state index is 13.9. The van der Waals surface area contributed by atoms with Gasteiger partial charge in [0.2, 0.25) is 0 Å². The number of carbonyl (C=O) groups is 4. The van der Waals surface area contributed by atoms with E-state index in [-0.39, 0.29) is 70.6 Å². The molecule has 4 rings (SSSR count). The summed E-state index contributed by atoms with van der Waals surface area (Å²) < 4.78 is 217. The minimum atomic E-state index is -5.76. The second kappa shape index (κ2) is 27.9. The number of aryl methyl sites for hydroxylation is 2. The Hall–Kier alpha value is -4.46. The molecule has 2 aliphatic heterocycles. The molecule has 31 heteroatoms. The molecule has 2 N–H and O–H groups in total. The van der Waals surface area contributed by atoms with Crippen molar-refractivity contribution >= 4 is 85.7 Å². The topological polar surface area (TPSA) is 236 Å². The molecule has 2 heterocycles. The van der Waals surface area contributed by atoms with Crippen molar-refractivity contribution in [3.05, 3.63) is 47.5 Å². The zero-order valence-corrected chi connectivity index (χ0v) is 50.4. The summed E-state index contributed by atoms with van der Waals surface area (Å²) in [6.07, 6.45) is -7.52. The number of urea groups is 2. The minimum absolute atomic E-state index is 0.0291. The SMILES string of the molecule is Cc1cc(N2C(=O)N(CCCCCCCCC[S+]([O-])CCCC(F)(F)C(F)(F)F)C(C)(C)C2=O)ccc1N(c1ccc(N2C(=O)N(CCCCCCCCCS(=O)(=O)CCCC(F)(F)C(F)(F)F)C(C)(C)C2=O)cc1C)S(=O)(=O)S(N)(=O)=O. The predicted octanol–water partition coefficient (Wildman–Crippen LogP) is 11.6. The number of hydrogen-bond donors (Lipinski definition) is 1. The molecule has 1 atom stereocenters. The minimum Gasteiger partial charge on any atom is -0.616 e. The first kappa shape index (κ1) is 71.0. The fourth-order valence-corrected chi connectivity index (χ4v) is 14.5. The third kappa shape index (κ3) is 17.6. The molecule has 0 radical (unpaired) electrons. The molecule has 0 aliphatic carbocycles. The molecule has 2 fully saturated rings. The number of nitrogens with two attached hydrogens (primary N) is 1. The molecule has 2 aromatic rings. The number of nitrogens with zero attached hydrogens (tertiary/aromatic N) is 5. The molecule has 2 saturated heterocycles. The van der Waals surface area contributed by atoms with Gasteiger partial charge in [0.25, 0.3) is 11.8 Å². The van der Waals surface area contributed by atoms with Crippen LogP contribution in [0.1, 0.15) is 154 Å². The van der Waals surface area contributed by atoms with Crippen LogP contribution in [0.2, 0.25) is 0 Å². The number of amides is 6. The van der Waals surface area contributed by atoms with Crippen LogP contribution >= 0.6 is 0 Å². The van der Waals surface area contributed by atoms with Gasteiger partial charge >= 0.3 is 54.4 Å². The van der Waals surface area contributed by atoms with Crippen molar-refractivity contribution in [2.24, 2.45) is 5.14 Å². The molecule has 6 amide bonds. The fraction of sp³-hybridized carbons (Fsp3) is 0.692. The van der Waals surface area contributed by atoms with E-state index in [1.54, 1.807) is 27.7 Å². The number of rotatable bonds is 34. The Labute approximate surface area is 481 Å². The smallest absolute Gasteiger partial charge is 0.453 e. The maximum Gasteiger partial charge on any atom is 0.453 e. The van der Waals surface area contributed by atoms with E-state index >= 15 is 0 Å². The van der Waals surface area contributed by atoms with Crippen LogP contribution in [0.15, 0.2) is 36.4 Å². The molecular formula is C52H74F10N6O11S4. The van der Waals surface area contributed by atoms with Crippen molar-refractivity contribution in [2.45, 2.75) is 192 Å². The summed E-state index contributed by atoms with van der Waals surface area (Å²) in [6.45, 7) is 9.39. The number of benzene rings is 2. The van der Waals surface area contributed by atoms with Crippen LogP contribution in [0.25, 0.3) is 0 Å². The van der Waals surface area contributed by atoms with Crippen LogP contribution in [0, 0.1) is 13.8 Å². The molecule has 472 valence electrons. The fourth-order valence-electron chi connectivity index (χ4n) is 9.71. The summed E-state index contributed by atoms with van der Waals surface area (Å²) in [5.41, 5.74) is -2.91. The molecule has 83 heavy (non-hydrogen) atoms. The van der Waals surface area contributed by atoms with Crippen LogP contribution in [-0.4, -0.2) is 135 Å². The first-order valence-corrected chi connectivity index (χ1v) is 33.9. The monoisotopic (exact) mass is 1280 g/mol. The Morgan fingerprint density at radius 2 is 0.855 bits per heavy atom. The van der Waals surface area contributed by atoms with Gasteiger partial charge in [0, 0.05) is 25.9 Å². The highest BCUT2D eigenvalue weighted by molar-refractivity contribution is 8.66. The van der Waals surface area contributed by atoms with E-state index in [0.717, 1.165) is 29.1 Å². The van der Waals surface area contributed by atoms with Crippen LogP contribution in [0.4, 0.5) is 76.2 Å². The molecule has 0 spiro atoms. The van der Waals surface area contributed by atoms with Gasteiger partial charge in [0.1, 0.15) is 32.4 Å². The van der Waals surface area contributed by atoms with Crippen LogP contribution in [0.3, 0.4) is 0 Å². The number of sulfone groups is 1. The Morgan fingerprint density at radius 1 is 0.518 bits per heavy atom. The van der Waals surface area contributed by atoms with E-state index in [4.69, 9.17) is 5.14 Å². The maximum atomic E-state index is 13.9. The number of alkyl halides is 10. The molecule has 1 unspecified atom stereocenters. The number of unbranched alkanes of at least 4 members (excludes halogenated alkanes) is 12. The Bertz CT molecular complexity index is 2970. The summed E-state index contributed by atoms with van der Waals surface area (Å²) in [5.74, 6) is -12.2. The van der Waals surface area contributed by atoms with Gasteiger partial charge in [-0.05, 0) is 134 Å². The molecule has 2 aliphatic rings.